The first-order valence-electron chi connectivity index (χ1n) is 7.51. The molecule has 0 fully saturated rings. The van der Waals surface area contributed by atoms with Crippen LogP contribution < -0.4 is 10.2 Å². The van der Waals surface area contributed by atoms with Gasteiger partial charge in [-0.05, 0) is 41.8 Å². The predicted molar refractivity (Wildman–Crippen MR) is 88.2 cm³/mol. The van der Waals surface area contributed by atoms with E-state index < -0.39 is 0 Å². The molecule has 6 heteroatoms. The van der Waals surface area contributed by atoms with Crippen molar-refractivity contribution < 1.29 is 9.63 Å². The van der Waals surface area contributed by atoms with Gasteiger partial charge in [0.05, 0.1) is 0 Å². The molecule has 6 nitrogen and oxygen atoms in total. The Kier molecular flexibility index (Phi) is 4.23. The molecule has 0 saturated carbocycles. The number of carbonyl (C=O) groups excluding carboxylic acids is 1. The number of nitrogens with one attached hydrogen (secondary N) is 1. The smallest absolute Gasteiger partial charge is 0.265 e. The Morgan fingerprint density at radius 1 is 1.22 bits per heavy atom. The van der Waals surface area contributed by atoms with Crippen molar-refractivity contribution in [2.45, 2.75) is 20.3 Å². The summed E-state index contributed by atoms with van der Waals surface area (Å²) in [6.45, 7) is 3.90. The van der Waals surface area contributed by atoms with Gasteiger partial charge >= 0.3 is 0 Å². The van der Waals surface area contributed by atoms with E-state index in [4.69, 9.17) is 4.84 Å². The maximum Gasteiger partial charge on any atom is 0.265 e. The van der Waals surface area contributed by atoms with Crippen LogP contribution in [0.15, 0.2) is 42.5 Å². The topological polar surface area (TPSA) is 69.0 Å². The van der Waals surface area contributed by atoms with Crippen LogP contribution in [0.1, 0.15) is 18.1 Å². The Labute approximate surface area is 134 Å². The first-order valence-corrected chi connectivity index (χ1v) is 7.51. The molecule has 0 spiro atoms. The zero-order valence-electron chi connectivity index (χ0n) is 13.1. The van der Waals surface area contributed by atoms with Crippen molar-refractivity contribution >= 4 is 22.6 Å². The van der Waals surface area contributed by atoms with Crippen molar-refractivity contribution in [3.8, 4) is 0 Å². The summed E-state index contributed by atoms with van der Waals surface area (Å²) in [5.74, 6) is -0.228. The second kappa shape index (κ2) is 6.48. The summed E-state index contributed by atoms with van der Waals surface area (Å²) in [7, 11) is 0. The molecule has 1 amide bonds. The number of carbonyl (C=O) groups is 1. The predicted octanol–water partition coefficient (Wildman–Crippen LogP) is 2.37. The Hall–Kier alpha value is -2.89. The Morgan fingerprint density at radius 3 is 2.87 bits per heavy atom. The fourth-order valence-electron chi connectivity index (χ4n) is 2.44. The highest BCUT2D eigenvalue weighted by atomic mass is 16.7. The van der Waals surface area contributed by atoms with Crippen LogP contribution >= 0.6 is 0 Å². The number of aryl methyl sites for hydroxylation is 2. The molecule has 23 heavy (non-hydrogen) atoms. The molecule has 3 aromatic rings. The molecule has 1 N–H and O–H groups in total. The fourth-order valence-corrected chi connectivity index (χ4v) is 2.44. The van der Waals surface area contributed by atoms with Gasteiger partial charge in [-0.2, -0.15) is 0 Å². The molecule has 0 unspecified atom stereocenters. The van der Waals surface area contributed by atoms with Crippen LogP contribution in [0, 0.1) is 6.92 Å². The van der Waals surface area contributed by atoms with Gasteiger partial charge in [0.15, 0.2) is 6.61 Å². The number of rotatable bonds is 5. The van der Waals surface area contributed by atoms with E-state index in [9.17, 15) is 4.79 Å². The summed E-state index contributed by atoms with van der Waals surface area (Å²) in [4.78, 5) is 18.9. The summed E-state index contributed by atoms with van der Waals surface area (Å²) >= 11 is 0. The molecule has 1 aromatic heterocycles. The van der Waals surface area contributed by atoms with Crippen molar-refractivity contribution in [1.29, 1.82) is 0 Å². The maximum absolute atomic E-state index is 12.2. The average molecular weight is 310 g/mol. The van der Waals surface area contributed by atoms with E-state index in [1.807, 2.05) is 49.4 Å². The minimum Gasteiger partial charge on any atom is -0.385 e. The highest BCUT2D eigenvalue weighted by Gasteiger charge is 2.11. The number of fused-ring (bicyclic) bond motifs is 1. The van der Waals surface area contributed by atoms with E-state index in [1.165, 1.54) is 4.85 Å². The van der Waals surface area contributed by atoms with E-state index in [0.29, 0.717) is 0 Å². The van der Waals surface area contributed by atoms with Crippen LogP contribution in [-0.2, 0) is 11.2 Å². The quantitative estimate of drug-likeness (QED) is 0.785. The van der Waals surface area contributed by atoms with Gasteiger partial charge in [-0.25, -0.2) is 0 Å². The van der Waals surface area contributed by atoms with Crippen LogP contribution in [0.2, 0.25) is 0 Å². The zero-order valence-corrected chi connectivity index (χ0v) is 13.1. The van der Waals surface area contributed by atoms with E-state index in [1.54, 1.807) is 0 Å². The van der Waals surface area contributed by atoms with Crippen LogP contribution in [0.25, 0.3) is 11.0 Å². The average Bonchev–Trinajstić information content (AvgIpc) is 2.98. The van der Waals surface area contributed by atoms with Gasteiger partial charge in [0.1, 0.15) is 11.0 Å². The molecule has 1 heterocycles. The highest BCUT2D eigenvalue weighted by Crippen LogP contribution is 2.20. The molecule has 2 aromatic carbocycles. The second-order valence-electron chi connectivity index (χ2n) is 5.24. The van der Waals surface area contributed by atoms with Crippen LogP contribution in [0.4, 0.5) is 5.69 Å². The lowest BCUT2D eigenvalue weighted by Gasteiger charge is -2.13. The molecule has 118 valence electrons. The van der Waals surface area contributed by atoms with Gasteiger partial charge < -0.3 is 10.2 Å². The summed E-state index contributed by atoms with van der Waals surface area (Å²) in [5, 5.41) is 10.8. The van der Waals surface area contributed by atoms with Gasteiger partial charge in [0.2, 0.25) is 0 Å². The van der Waals surface area contributed by atoms with Crippen molar-refractivity contribution in [3.63, 3.8) is 0 Å². The third-order valence-corrected chi connectivity index (χ3v) is 3.64. The molecular weight excluding hydrogens is 292 g/mol. The summed E-state index contributed by atoms with van der Waals surface area (Å²) in [5.41, 5.74) is 4.44. The van der Waals surface area contributed by atoms with Gasteiger partial charge in [-0.15, -0.1) is 5.10 Å². The largest absolute Gasteiger partial charge is 0.385 e. The minimum atomic E-state index is -0.228. The van der Waals surface area contributed by atoms with Crippen LogP contribution in [-0.4, -0.2) is 27.7 Å². The number of para-hydroxylation sites is 2. The molecule has 0 aliphatic rings. The number of hydrogen-bond acceptors (Lipinski definition) is 4. The molecule has 0 saturated heterocycles. The summed E-state index contributed by atoms with van der Waals surface area (Å²) < 4.78 is 0. The number of hydrogen-bond donors (Lipinski definition) is 1. The minimum absolute atomic E-state index is 0.134. The molecule has 0 atom stereocenters. The lowest BCUT2D eigenvalue weighted by Crippen LogP contribution is -2.26. The third-order valence-electron chi connectivity index (χ3n) is 3.64. The van der Waals surface area contributed by atoms with Crippen molar-refractivity contribution in [1.82, 2.24) is 15.2 Å². The van der Waals surface area contributed by atoms with E-state index in [-0.39, 0.29) is 12.5 Å². The number of anilines is 1. The number of benzene rings is 2. The van der Waals surface area contributed by atoms with Gasteiger partial charge in [0.25, 0.3) is 5.91 Å². The first kappa shape index (κ1) is 15.0. The normalized spacial score (nSPS) is 10.7. The molecular formula is C17H18N4O2. The molecule has 0 radical (unpaired) electrons. The Morgan fingerprint density at radius 2 is 2.04 bits per heavy atom. The van der Waals surface area contributed by atoms with E-state index >= 15 is 0 Å². The lowest BCUT2D eigenvalue weighted by molar-refractivity contribution is -0.121. The van der Waals surface area contributed by atoms with Crippen molar-refractivity contribution in [2.75, 3.05) is 11.9 Å². The van der Waals surface area contributed by atoms with Gasteiger partial charge in [-0.1, -0.05) is 42.1 Å². The summed E-state index contributed by atoms with van der Waals surface area (Å²) in [6.07, 6.45) is 0.853. The maximum atomic E-state index is 12.2. The molecule has 3 rings (SSSR count). The number of nitrogens with zero attached hydrogens (tertiary/aromatic N) is 3. The van der Waals surface area contributed by atoms with Crippen LogP contribution in [0.5, 0.6) is 0 Å². The number of aromatic nitrogens is 3. The molecule has 0 aliphatic carbocycles. The standard InChI is InChI=1S/C17H18N4O2/c1-3-13-8-6-7-12(2)17(13)18-16(22)11-23-21-15-10-5-4-9-14(15)19-20-21/h4-10H,3,11H2,1-2H3,(H,18,22). The van der Waals surface area contributed by atoms with E-state index in [2.05, 4.69) is 22.6 Å². The Bertz CT molecular complexity index is 841. The lowest BCUT2D eigenvalue weighted by atomic mass is 10.1. The van der Waals surface area contributed by atoms with Crippen molar-refractivity contribution in [3.05, 3.63) is 53.6 Å². The first-order chi connectivity index (χ1) is 11.2. The van der Waals surface area contributed by atoms with Gasteiger partial charge in [0, 0.05) is 5.69 Å². The number of amides is 1. The second-order valence-corrected chi connectivity index (χ2v) is 5.24. The monoisotopic (exact) mass is 310 g/mol. The Balaban J connectivity index is 1.69. The zero-order chi connectivity index (χ0) is 16.2. The van der Waals surface area contributed by atoms with Gasteiger partial charge in [-0.3, -0.25) is 4.79 Å². The highest BCUT2D eigenvalue weighted by molar-refractivity contribution is 5.93. The third kappa shape index (κ3) is 3.15. The summed E-state index contributed by atoms with van der Waals surface area (Å²) in [6, 6.07) is 13.4. The van der Waals surface area contributed by atoms with Crippen molar-refractivity contribution in [2.24, 2.45) is 0 Å². The molecule has 0 aliphatic heterocycles. The molecule has 0 bridgehead atoms. The SMILES string of the molecule is CCc1cccc(C)c1NC(=O)COn1nnc2ccccc21. The van der Waals surface area contributed by atoms with E-state index in [0.717, 1.165) is 34.3 Å². The van der Waals surface area contributed by atoms with Crippen LogP contribution in [0.3, 0.4) is 0 Å². The fraction of sp³-hybridized carbons (Fsp3) is 0.235.